The van der Waals surface area contributed by atoms with E-state index in [9.17, 15) is 4.79 Å². The normalized spacial score (nSPS) is 20.3. The molecule has 2 aliphatic rings. The van der Waals surface area contributed by atoms with Gasteiger partial charge >= 0.3 is 0 Å². The van der Waals surface area contributed by atoms with E-state index in [1.54, 1.807) is 0 Å². The number of rotatable bonds is 8. The standard InChI is InChI=1S/C29H35ClN4O/c1-6-9-26(24-10-7-8-11-25(24)27-18-33(5)32-21(27)4)28(30)34-13-12-23(16-20(34)3)29(35)31-17-22-14-19(2)15-22/h7-8,10-13,16,18-19,22H,3,6,9,14-15,17H2,1-2,4-5H3,(H,31,35)/b28-26+. The van der Waals surface area contributed by atoms with Gasteiger partial charge in [-0.2, -0.15) is 5.10 Å². The average molecular weight is 491 g/mol. The molecule has 1 saturated carbocycles. The third kappa shape index (κ3) is 5.46. The minimum atomic E-state index is -0.0621. The number of benzene rings is 1. The van der Waals surface area contributed by atoms with E-state index in [1.165, 1.54) is 12.8 Å². The van der Waals surface area contributed by atoms with Crippen molar-refractivity contribution in [3.63, 3.8) is 0 Å². The highest BCUT2D eigenvalue weighted by Gasteiger charge is 2.26. The Hall–Kier alpha value is -3.05. The third-order valence-corrected chi connectivity index (χ3v) is 7.25. The Labute approximate surface area is 213 Å². The smallest absolute Gasteiger partial charge is 0.251 e. The highest BCUT2D eigenvalue weighted by atomic mass is 35.5. The number of halogens is 1. The number of aromatic nitrogens is 2. The molecule has 0 atom stereocenters. The zero-order chi connectivity index (χ0) is 25.1. The van der Waals surface area contributed by atoms with Crippen molar-refractivity contribution in [3.05, 3.63) is 83.1 Å². The van der Waals surface area contributed by atoms with Crippen LogP contribution in [0, 0.1) is 18.8 Å². The monoisotopic (exact) mass is 490 g/mol. The number of carbonyl (C=O) groups is 1. The van der Waals surface area contributed by atoms with Crippen molar-refractivity contribution in [3.8, 4) is 11.1 Å². The fourth-order valence-electron chi connectivity index (χ4n) is 5.04. The number of amides is 1. The lowest BCUT2D eigenvalue weighted by atomic mass is 9.76. The first-order chi connectivity index (χ1) is 16.8. The van der Waals surface area contributed by atoms with Crippen molar-refractivity contribution in [1.82, 2.24) is 20.0 Å². The van der Waals surface area contributed by atoms with Gasteiger partial charge in [0.15, 0.2) is 0 Å². The number of aryl methyl sites for hydroxylation is 2. The van der Waals surface area contributed by atoms with Crippen molar-refractivity contribution in [2.45, 2.75) is 46.5 Å². The van der Waals surface area contributed by atoms with Crippen molar-refractivity contribution in [2.75, 3.05) is 6.54 Å². The van der Waals surface area contributed by atoms with Crippen molar-refractivity contribution in [1.29, 1.82) is 0 Å². The first-order valence-electron chi connectivity index (χ1n) is 12.4. The van der Waals surface area contributed by atoms with E-state index < -0.39 is 0 Å². The summed E-state index contributed by atoms with van der Waals surface area (Å²) < 4.78 is 1.84. The van der Waals surface area contributed by atoms with Crippen LogP contribution in [0.2, 0.25) is 0 Å². The van der Waals surface area contributed by atoms with Gasteiger partial charge in [0.2, 0.25) is 0 Å². The molecule has 1 N–H and O–H groups in total. The number of nitrogens with zero attached hydrogens (tertiary/aromatic N) is 3. The lowest BCUT2D eigenvalue weighted by molar-refractivity contribution is -0.117. The van der Waals surface area contributed by atoms with Gasteiger partial charge in [-0.05, 0) is 66.9 Å². The van der Waals surface area contributed by atoms with E-state index in [2.05, 4.69) is 43.0 Å². The highest BCUT2D eigenvalue weighted by Crippen LogP contribution is 2.38. The predicted molar refractivity (Wildman–Crippen MR) is 144 cm³/mol. The highest BCUT2D eigenvalue weighted by molar-refractivity contribution is 6.32. The van der Waals surface area contributed by atoms with Gasteiger partial charge < -0.3 is 10.2 Å². The van der Waals surface area contributed by atoms with Crippen LogP contribution in [0.3, 0.4) is 0 Å². The molecule has 1 fully saturated rings. The second-order valence-corrected chi connectivity index (χ2v) is 10.2. The summed E-state index contributed by atoms with van der Waals surface area (Å²) in [6.45, 7) is 11.4. The maximum atomic E-state index is 12.7. The van der Waals surface area contributed by atoms with Gasteiger partial charge in [-0.3, -0.25) is 9.48 Å². The first-order valence-corrected chi connectivity index (χ1v) is 12.8. The van der Waals surface area contributed by atoms with Crippen LogP contribution in [0.4, 0.5) is 0 Å². The molecule has 0 saturated heterocycles. The summed E-state index contributed by atoms with van der Waals surface area (Å²) in [6, 6.07) is 8.31. The summed E-state index contributed by atoms with van der Waals surface area (Å²) in [7, 11) is 1.93. The number of hydrogen-bond acceptors (Lipinski definition) is 3. The maximum absolute atomic E-state index is 12.7. The van der Waals surface area contributed by atoms with Gasteiger partial charge in [0, 0.05) is 42.8 Å². The summed E-state index contributed by atoms with van der Waals surface area (Å²) in [5.74, 6) is 1.31. The van der Waals surface area contributed by atoms with Crippen molar-refractivity contribution < 1.29 is 4.79 Å². The molecule has 1 aromatic carbocycles. The van der Waals surface area contributed by atoms with Crippen LogP contribution in [-0.4, -0.2) is 27.1 Å². The van der Waals surface area contributed by atoms with Crippen LogP contribution >= 0.6 is 11.6 Å². The zero-order valence-electron chi connectivity index (χ0n) is 21.1. The Morgan fingerprint density at radius 2 is 2.00 bits per heavy atom. The zero-order valence-corrected chi connectivity index (χ0v) is 21.9. The van der Waals surface area contributed by atoms with Crippen LogP contribution in [-0.2, 0) is 11.8 Å². The summed E-state index contributed by atoms with van der Waals surface area (Å²) in [5.41, 5.74) is 6.57. The van der Waals surface area contributed by atoms with Crippen LogP contribution in [0.15, 0.2) is 71.8 Å². The van der Waals surface area contributed by atoms with E-state index >= 15 is 0 Å². The quantitative estimate of drug-likeness (QED) is 0.427. The lowest BCUT2D eigenvalue weighted by Gasteiger charge is -2.32. The molecule has 0 radical (unpaired) electrons. The minimum Gasteiger partial charge on any atom is -0.352 e. The first kappa shape index (κ1) is 25.1. The molecule has 0 spiro atoms. The minimum absolute atomic E-state index is 0.0621. The molecule has 184 valence electrons. The number of nitrogens with one attached hydrogen (secondary N) is 1. The fourth-order valence-corrected chi connectivity index (χ4v) is 5.41. The molecule has 2 heterocycles. The van der Waals surface area contributed by atoms with Crippen LogP contribution in [0.25, 0.3) is 16.7 Å². The summed E-state index contributed by atoms with van der Waals surface area (Å²) in [6.07, 6.45) is 11.6. The summed E-state index contributed by atoms with van der Waals surface area (Å²) >= 11 is 7.05. The van der Waals surface area contributed by atoms with Crippen molar-refractivity contribution >= 4 is 23.1 Å². The Morgan fingerprint density at radius 1 is 1.26 bits per heavy atom. The van der Waals surface area contributed by atoms with E-state index in [-0.39, 0.29) is 5.91 Å². The Balaban J connectivity index is 1.59. The second-order valence-electron chi connectivity index (χ2n) is 9.80. The van der Waals surface area contributed by atoms with Gasteiger partial charge in [-0.15, -0.1) is 0 Å². The molecule has 35 heavy (non-hydrogen) atoms. The van der Waals surface area contributed by atoms with Gasteiger partial charge in [0.05, 0.1) is 5.69 Å². The van der Waals surface area contributed by atoms with Crippen LogP contribution < -0.4 is 5.32 Å². The Bertz CT molecular complexity index is 1210. The molecule has 5 nitrogen and oxygen atoms in total. The van der Waals surface area contributed by atoms with Gasteiger partial charge in [0.1, 0.15) is 5.16 Å². The number of hydrogen-bond donors (Lipinski definition) is 1. The Morgan fingerprint density at radius 3 is 2.63 bits per heavy atom. The van der Waals surface area contributed by atoms with E-state index in [0.717, 1.165) is 53.3 Å². The molecule has 4 rings (SSSR count). The van der Waals surface area contributed by atoms with E-state index in [1.807, 2.05) is 60.2 Å². The molecular weight excluding hydrogens is 456 g/mol. The molecule has 1 amide bonds. The lowest BCUT2D eigenvalue weighted by Crippen LogP contribution is -2.36. The van der Waals surface area contributed by atoms with Crippen molar-refractivity contribution in [2.24, 2.45) is 18.9 Å². The van der Waals surface area contributed by atoms with Crippen LogP contribution in [0.1, 0.15) is 50.8 Å². The molecule has 0 bridgehead atoms. The van der Waals surface area contributed by atoms with Crippen LogP contribution in [0.5, 0.6) is 0 Å². The topological polar surface area (TPSA) is 50.2 Å². The SMILES string of the molecule is C=C1C=C(C(=O)NCC2CC(C)C2)C=CN1/C(Cl)=C(\CCC)c1ccccc1-c1cn(C)nc1C. The predicted octanol–water partition coefficient (Wildman–Crippen LogP) is 6.53. The number of allylic oxidation sites excluding steroid dienone is 2. The van der Waals surface area contributed by atoms with E-state index in [4.69, 9.17) is 11.6 Å². The maximum Gasteiger partial charge on any atom is 0.251 e. The molecule has 2 aromatic rings. The average Bonchev–Trinajstić information content (AvgIpc) is 3.16. The molecule has 6 heteroatoms. The summed E-state index contributed by atoms with van der Waals surface area (Å²) in [4.78, 5) is 14.6. The molecule has 0 unspecified atom stereocenters. The third-order valence-electron chi connectivity index (χ3n) is 6.84. The largest absolute Gasteiger partial charge is 0.352 e. The second kappa shape index (κ2) is 10.7. The summed E-state index contributed by atoms with van der Waals surface area (Å²) in [5, 5.41) is 8.20. The van der Waals surface area contributed by atoms with E-state index in [0.29, 0.717) is 22.3 Å². The molecular formula is C29H35ClN4O. The molecule has 1 aromatic heterocycles. The molecule has 1 aliphatic carbocycles. The molecule has 1 aliphatic heterocycles. The number of carbonyl (C=O) groups excluding carboxylic acids is 1. The van der Waals surface area contributed by atoms with Gasteiger partial charge in [-0.1, -0.05) is 62.7 Å². The van der Waals surface area contributed by atoms with Gasteiger partial charge in [0.25, 0.3) is 5.91 Å². The Kier molecular flexibility index (Phi) is 7.66. The van der Waals surface area contributed by atoms with Gasteiger partial charge in [-0.25, -0.2) is 0 Å². The fraction of sp³-hybridized carbons (Fsp3) is 0.379.